The molecule has 0 bridgehead atoms. The zero-order chi connectivity index (χ0) is 14.5. The normalized spacial score (nSPS) is 18.8. The fourth-order valence-corrected chi connectivity index (χ4v) is 2.45. The van der Waals surface area contributed by atoms with E-state index in [9.17, 15) is 4.79 Å². The molecule has 0 aromatic rings. The topological polar surface area (TPSA) is 35.6 Å². The maximum Gasteiger partial charge on any atom is 0.220 e. The lowest BCUT2D eigenvalue weighted by molar-refractivity contribution is -0.122. The number of nitrogens with zero attached hydrogens (tertiary/aromatic N) is 2. The van der Waals surface area contributed by atoms with Crippen LogP contribution in [-0.2, 0) is 4.79 Å². The van der Waals surface area contributed by atoms with Crippen molar-refractivity contribution in [2.45, 2.75) is 59.0 Å². The largest absolute Gasteiger partial charge is 0.352 e. The Morgan fingerprint density at radius 3 is 2.21 bits per heavy atom. The van der Waals surface area contributed by atoms with Crippen molar-refractivity contribution in [2.75, 3.05) is 32.7 Å². The molecule has 1 N–H and O–H groups in total. The molecule has 0 unspecified atom stereocenters. The Balaban J connectivity index is 2.13. The quantitative estimate of drug-likeness (QED) is 0.825. The molecule has 1 aliphatic heterocycles. The fourth-order valence-electron chi connectivity index (χ4n) is 2.45. The van der Waals surface area contributed by atoms with Gasteiger partial charge in [0.2, 0.25) is 5.91 Å². The average molecular weight is 269 g/mol. The number of carbonyl (C=O) groups excluding carboxylic acids is 1. The predicted molar refractivity (Wildman–Crippen MR) is 80.3 cm³/mol. The van der Waals surface area contributed by atoms with Gasteiger partial charge in [-0.2, -0.15) is 0 Å². The Kier molecular flexibility index (Phi) is 6.27. The molecule has 1 aliphatic rings. The first-order valence-corrected chi connectivity index (χ1v) is 7.55. The molecule has 0 saturated carbocycles. The second-order valence-corrected chi connectivity index (χ2v) is 6.87. The van der Waals surface area contributed by atoms with Crippen LogP contribution < -0.4 is 5.32 Å². The van der Waals surface area contributed by atoms with Crippen LogP contribution in [0.5, 0.6) is 0 Å². The van der Waals surface area contributed by atoms with Gasteiger partial charge < -0.3 is 10.2 Å². The minimum atomic E-state index is -0.111. The minimum absolute atomic E-state index is 0.111. The molecule has 19 heavy (non-hydrogen) atoms. The molecule has 0 aliphatic carbocycles. The standard InChI is InChI=1S/C15H31N3O/c1-13(2)18-11-9-17(10-12-18)8-6-7-14(19)16-15(3,4)5/h13H,6-12H2,1-5H3,(H,16,19). The summed E-state index contributed by atoms with van der Waals surface area (Å²) >= 11 is 0. The summed E-state index contributed by atoms with van der Waals surface area (Å²) in [7, 11) is 0. The monoisotopic (exact) mass is 269 g/mol. The zero-order valence-electron chi connectivity index (χ0n) is 13.3. The first-order valence-electron chi connectivity index (χ1n) is 7.55. The third kappa shape index (κ3) is 6.92. The molecule has 1 amide bonds. The molecule has 4 heteroatoms. The fraction of sp³-hybridized carbons (Fsp3) is 0.933. The Bertz CT molecular complexity index is 276. The third-order valence-corrected chi connectivity index (χ3v) is 3.53. The number of rotatable bonds is 5. The second-order valence-electron chi connectivity index (χ2n) is 6.87. The highest BCUT2D eigenvalue weighted by Gasteiger charge is 2.19. The van der Waals surface area contributed by atoms with Crippen LogP contribution in [0.25, 0.3) is 0 Å². The van der Waals surface area contributed by atoms with Crippen molar-refractivity contribution in [3.8, 4) is 0 Å². The van der Waals surface area contributed by atoms with E-state index in [2.05, 4.69) is 29.0 Å². The molecule has 1 heterocycles. The van der Waals surface area contributed by atoms with E-state index >= 15 is 0 Å². The smallest absolute Gasteiger partial charge is 0.220 e. The molecule has 0 aromatic carbocycles. The maximum atomic E-state index is 11.7. The lowest BCUT2D eigenvalue weighted by Gasteiger charge is -2.36. The number of hydrogen-bond donors (Lipinski definition) is 1. The predicted octanol–water partition coefficient (Wildman–Crippen LogP) is 1.71. The molecule has 4 nitrogen and oxygen atoms in total. The van der Waals surface area contributed by atoms with Gasteiger partial charge in [-0.15, -0.1) is 0 Å². The SMILES string of the molecule is CC(C)N1CCN(CCCC(=O)NC(C)(C)C)CC1. The summed E-state index contributed by atoms with van der Waals surface area (Å²) in [4.78, 5) is 16.7. The molecule has 1 saturated heterocycles. The molecule has 0 aromatic heterocycles. The summed E-state index contributed by atoms with van der Waals surface area (Å²) in [6.45, 7) is 16.2. The van der Waals surface area contributed by atoms with Gasteiger partial charge in [-0.1, -0.05) is 0 Å². The van der Waals surface area contributed by atoms with Gasteiger partial charge in [-0.25, -0.2) is 0 Å². The summed E-state index contributed by atoms with van der Waals surface area (Å²) in [5.41, 5.74) is -0.111. The van der Waals surface area contributed by atoms with Crippen LogP contribution in [0.3, 0.4) is 0 Å². The lowest BCUT2D eigenvalue weighted by Crippen LogP contribution is -2.49. The van der Waals surface area contributed by atoms with Crippen LogP contribution >= 0.6 is 0 Å². The molecule has 0 radical (unpaired) electrons. The molecule has 0 atom stereocenters. The Hall–Kier alpha value is -0.610. The van der Waals surface area contributed by atoms with Crippen molar-refractivity contribution >= 4 is 5.91 Å². The number of hydrogen-bond acceptors (Lipinski definition) is 3. The summed E-state index contributed by atoms with van der Waals surface area (Å²) in [6, 6.07) is 0.653. The number of carbonyl (C=O) groups is 1. The van der Waals surface area contributed by atoms with Gasteiger partial charge >= 0.3 is 0 Å². The van der Waals surface area contributed by atoms with E-state index in [4.69, 9.17) is 0 Å². The molecule has 112 valence electrons. The van der Waals surface area contributed by atoms with Crippen LogP contribution in [0.15, 0.2) is 0 Å². The van der Waals surface area contributed by atoms with Gasteiger partial charge in [-0.05, 0) is 47.6 Å². The molecule has 0 spiro atoms. The third-order valence-electron chi connectivity index (χ3n) is 3.53. The Morgan fingerprint density at radius 1 is 1.16 bits per heavy atom. The van der Waals surface area contributed by atoms with Crippen LogP contribution in [0.4, 0.5) is 0 Å². The van der Waals surface area contributed by atoms with Crippen molar-refractivity contribution in [3.63, 3.8) is 0 Å². The van der Waals surface area contributed by atoms with Crippen molar-refractivity contribution in [1.82, 2.24) is 15.1 Å². The number of piperazine rings is 1. The van der Waals surface area contributed by atoms with Gasteiger partial charge in [0.1, 0.15) is 0 Å². The van der Waals surface area contributed by atoms with Gasteiger partial charge in [-0.3, -0.25) is 9.69 Å². The zero-order valence-corrected chi connectivity index (χ0v) is 13.3. The maximum absolute atomic E-state index is 11.7. The van der Waals surface area contributed by atoms with Crippen molar-refractivity contribution in [3.05, 3.63) is 0 Å². The highest BCUT2D eigenvalue weighted by atomic mass is 16.1. The van der Waals surface area contributed by atoms with Crippen molar-refractivity contribution in [1.29, 1.82) is 0 Å². The van der Waals surface area contributed by atoms with Gasteiger partial charge in [0.25, 0.3) is 0 Å². The van der Waals surface area contributed by atoms with Gasteiger partial charge in [0.05, 0.1) is 0 Å². The summed E-state index contributed by atoms with van der Waals surface area (Å²) in [6.07, 6.45) is 1.60. The first-order chi connectivity index (χ1) is 8.78. The Morgan fingerprint density at radius 2 is 1.74 bits per heavy atom. The van der Waals surface area contributed by atoms with E-state index in [1.807, 2.05) is 20.8 Å². The van der Waals surface area contributed by atoms with Crippen LogP contribution in [-0.4, -0.2) is 60.0 Å². The van der Waals surface area contributed by atoms with Crippen molar-refractivity contribution < 1.29 is 4.79 Å². The van der Waals surface area contributed by atoms with E-state index in [0.717, 1.165) is 39.1 Å². The Labute approximate surface area is 118 Å². The van der Waals surface area contributed by atoms with Crippen LogP contribution in [0.2, 0.25) is 0 Å². The van der Waals surface area contributed by atoms with E-state index in [0.29, 0.717) is 12.5 Å². The second kappa shape index (κ2) is 7.25. The van der Waals surface area contributed by atoms with Gasteiger partial charge in [0.15, 0.2) is 0 Å². The van der Waals surface area contributed by atoms with E-state index in [-0.39, 0.29) is 11.4 Å². The minimum Gasteiger partial charge on any atom is -0.352 e. The first kappa shape index (κ1) is 16.4. The lowest BCUT2D eigenvalue weighted by atomic mass is 10.1. The number of amides is 1. The highest BCUT2D eigenvalue weighted by Crippen LogP contribution is 2.07. The number of nitrogens with one attached hydrogen (secondary N) is 1. The summed E-state index contributed by atoms with van der Waals surface area (Å²) in [5, 5.41) is 3.01. The highest BCUT2D eigenvalue weighted by molar-refractivity contribution is 5.76. The molecule has 1 fully saturated rings. The van der Waals surface area contributed by atoms with E-state index in [1.54, 1.807) is 0 Å². The van der Waals surface area contributed by atoms with E-state index < -0.39 is 0 Å². The van der Waals surface area contributed by atoms with Crippen molar-refractivity contribution in [2.24, 2.45) is 0 Å². The summed E-state index contributed by atoms with van der Waals surface area (Å²) in [5.74, 6) is 0.174. The summed E-state index contributed by atoms with van der Waals surface area (Å²) < 4.78 is 0. The molecular formula is C15H31N3O. The van der Waals surface area contributed by atoms with Crippen LogP contribution in [0.1, 0.15) is 47.5 Å². The van der Waals surface area contributed by atoms with Gasteiger partial charge in [0, 0.05) is 44.2 Å². The van der Waals surface area contributed by atoms with Crippen LogP contribution in [0, 0.1) is 0 Å². The molecule has 1 rings (SSSR count). The average Bonchev–Trinajstić information content (AvgIpc) is 2.27. The molecular weight excluding hydrogens is 238 g/mol. The van der Waals surface area contributed by atoms with E-state index in [1.165, 1.54) is 0 Å².